The first kappa shape index (κ1) is 16.1. The van der Waals surface area contributed by atoms with Crippen LogP contribution in [0.1, 0.15) is 23.4 Å². The van der Waals surface area contributed by atoms with E-state index in [1.165, 1.54) is 0 Å². The van der Waals surface area contributed by atoms with Gasteiger partial charge in [0.15, 0.2) is 12.0 Å². The van der Waals surface area contributed by atoms with E-state index in [4.69, 9.17) is 9.78 Å². The number of imidazole rings is 1. The van der Waals surface area contributed by atoms with E-state index < -0.39 is 0 Å². The third kappa shape index (κ3) is 3.40. The third-order valence-electron chi connectivity index (χ3n) is 4.39. The number of hydrogen-bond acceptors (Lipinski definition) is 6. The van der Waals surface area contributed by atoms with Crippen molar-refractivity contribution in [3.63, 3.8) is 0 Å². The van der Waals surface area contributed by atoms with Crippen molar-refractivity contribution in [2.45, 2.75) is 33.2 Å². The minimum absolute atomic E-state index is 0.0799. The Kier molecular flexibility index (Phi) is 4.51. The largest absolute Gasteiger partial charge is 0.361 e. The van der Waals surface area contributed by atoms with Crippen molar-refractivity contribution < 1.29 is 9.32 Å². The van der Waals surface area contributed by atoms with E-state index >= 15 is 0 Å². The van der Waals surface area contributed by atoms with Crippen molar-refractivity contribution in [3.05, 3.63) is 29.5 Å². The molecule has 0 aromatic carbocycles. The Morgan fingerprint density at radius 3 is 3.04 bits per heavy atom. The second-order valence-corrected chi connectivity index (χ2v) is 6.07. The summed E-state index contributed by atoms with van der Waals surface area (Å²) in [5.41, 5.74) is 2.02. The Morgan fingerprint density at radius 1 is 1.54 bits per heavy atom. The lowest BCUT2D eigenvalue weighted by molar-refractivity contribution is -0.119. The summed E-state index contributed by atoms with van der Waals surface area (Å²) >= 11 is 0. The zero-order valence-corrected chi connectivity index (χ0v) is 13.8. The molecule has 1 unspecified atom stereocenters. The van der Waals surface area contributed by atoms with E-state index in [9.17, 15) is 4.79 Å². The van der Waals surface area contributed by atoms with E-state index in [2.05, 4.69) is 21.7 Å². The highest BCUT2D eigenvalue weighted by atomic mass is 16.5. The maximum Gasteiger partial charge on any atom is 0.230 e. The lowest BCUT2D eigenvalue weighted by Crippen LogP contribution is -2.25. The van der Waals surface area contributed by atoms with Crippen LogP contribution < -0.4 is 5.32 Å². The predicted molar refractivity (Wildman–Crippen MR) is 85.8 cm³/mol. The molecule has 24 heavy (non-hydrogen) atoms. The molecule has 0 spiro atoms. The number of carbonyl (C=O) groups is 1. The van der Waals surface area contributed by atoms with Gasteiger partial charge in [-0.15, -0.1) is 0 Å². The summed E-state index contributed by atoms with van der Waals surface area (Å²) in [6, 6.07) is 0. The lowest BCUT2D eigenvalue weighted by Gasteiger charge is -2.08. The lowest BCUT2D eigenvalue weighted by atomic mass is 10.1. The van der Waals surface area contributed by atoms with Crippen LogP contribution in [0.15, 0.2) is 17.0 Å². The number of rotatable bonds is 5. The maximum atomic E-state index is 12.2. The molecule has 2 aromatic rings. The number of nitrogens with one attached hydrogen (secondary N) is 1. The monoisotopic (exact) mass is 328 g/mol. The summed E-state index contributed by atoms with van der Waals surface area (Å²) in [7, 11) is 0. The Balaban J connectivity index is 1.54. The van der Waals surface area contributed by atoms with Crippen LogP contribution in [0.2, 0.25) is 0 Å². The first-order chi connectivity index (χ1) is 11.6. The number of aryl methyl sites for hydroxylation is 3. The summed E-state index contributed by atoms with van der Waals surface area (Å²) in [5, 5.41) is 15.6. The molecule has 0 radical (unpaired) electrons. The highest BCUT2D eigenvalue weighted by molar-refractivity contribution is 5.91. The summed E-state index contributed by atoms with van der Waals surface area (Å²) in [6.45, 7) is 5.69. The molecule has 1 aliphatic rings. The Labute approximate surface area is 140 Å². The molecule has 1 saturated heterocycles. The average molecular weight is 328 g/mol. The van der Waals surface area contributed by atoms with Gasteiger partial charge < -0.3 is 19.3 Å². The standard InChI is InChI=1S/C16H20N6O2/c1-11-14(12(2)24-20-11)4-6-22-8-15(18-10-22)19-16(23)13-3-5-21(7-13)9-17/h8,10,13H,3-7H2,1-2H3,(H,19,23). The van der Waals surface area contributed by atoms with Gasteiger partial charge in [-0.1, -0.05) is 5.16 Å². The quantitative estimate of drug-likeness (QED) is 0.834. The van der Waals surface area contributed by atoms with Gasteiger partial charge in [-0.05, 0) is 26.7 Å². The minimum atomic E-state index is -0.155. The van der Waals surface area contributed by atoms with Gasteiger partial charge in [0.05, 0.1) is 17.9 Å². The SMILES string of the molecule is Cc1noc(C)c1CCn1cnc(NC(=O)C2CCN(C#N)C2)c1. The van der Waals surface area contributed by atoms with Crippen LogP contribution in [-0.2, 0) is 17.8 Å². The van der Waals surface area contributed by atoms with Crippen LogP contribution in [0.5, 0.6) is 0 Å². The van der Waals surface area contributed by atoms with Crippen molar-refractivity contribution in [1.82, 2.24) is 19.6 Å². The van der Waals surface area contributed by atoms with Crippen molar-refractivity contribution in [1.29, 1.82) is 5.26 Å². The predicted octanol–water partition coefficient (Wildman–Crippen LogP) is 1.47. The van der Waals surface area contributed by atoms with Gasteiger partial charge in [0, 0.05) is 31.4 Å². The first-order valence-corrected chi connectivity index (χ1v) is 7.96. The molecule has 1 amide bonds. The minimum Gasteiger partial charge on any atom is -0.361 e. The van der Waals surface area contributed by atoms with Crippen LogP contribution in [0.4, 0.5) is 5.82 Å². The van der Waals surface area contributed by atoms with Crippen LogP contribution in [0, 0.1) is 31.2 Å². The Morgan fingerprint density at radius 2 is 2.38 bits per heavy atom. The van der Waals surface area contributed by atoms with Crippen molar-refractivity contribution in [3.8, 4) is 6.19 Å². The Hall–Kier alpha value is -2.82. The second kappa shape index (κ2) is 6.74. The molecular formula is C16H20N6O2. The summed E-state index contributed by atoms with van der Waals surface area (Å²) < 4.78 is 7.09. The molecule has 0 saturated carbocycles. The summed E-state index contributed by atoms with van der Waals surface area (Å²) in [4.78, 5) is 18.0. The molecule has 8 heteroatoms. The number of nitriles is 1. The van der Waals surface area contributed by atoms with Gasteiger partial charge in [-0.2, -0.15) is 5.26 Å². The van der Waals surface area contributed by atoms with Gasteiger partial charge in [0.2, 0.25) is 5.91 Å². The van der Waals surface area contributed by atoms with Gasteiger partial charge in [-0.3, -0.25) is 4.79 Å². The van der Waals surface area contributed by atoms with Crippen LogP contribution in [0.3, 0.4) is 0 Å². The van der Waals surface area contributed by atoms with Crippen molar-refractivity contribution in [2.75, 3.05) is 18.4 Å². The first-order valence-electron chi connectivity index (χ1n) is 7.96. The molecule has 3 heterocycles. The number of anilines is 1. The summed E-state index contributed by atoms with van der Waals surface area (Å²) in [5.74, 6) is 1.14. The molecule has 3 rings (SSSR count). The second-order valence-electron chi connectivity index (χ2n) is 6.07. The number of likely N-dealkylation sites (tertiary alicyclic amines) is 1. The van der Waals surface area contributed by atoms with Gasteiger partial charge >= 0.3 is 0 Å². The fourth-order valence-corrected chi connectivity index (χ4v) is 2.94. The molecule has 126 valence electrons. The highest BCUT2D eigenvalue weighted by Crippen LogP contribution is 2.18. The molecule has 1 N–H and O–H groups in total. The van der Waals surface area contributed by atoms with E-state index in [0.717, 1.165) is 30.0 Å². The zero-order chi connectivity index (χ0) is 17.1. The molecule has 0 bridgehead atoms. The van der Waals surface area contributed by atoms with Crippen LogP contribution in [-0.4, -0.2) is 38.6 Å². The van der Waals surface area contributed by atoms with Gasteiger partial charge in [0.1, 0.15) is 5.76 Å². The molecule has 1 fully saturated rings. The molecule has 1 aliphatic heterocycles. The number of nitrogens with zero attached hydrogens (tertiary/aromatic N) is 5. The van der Waals surface area contributed by atoms with Gasteiger partial charge in [-0.25, -0.2) is 4.98 Å². The van der Waals surface area contributed by atoms with E-state index in [0.29, 0.717) is 25.3 Å². The third-order valence-corrected chi connectivity index (χ3v) is 4.39. The molecule has 8 nitrogen and oxygen atoms in total. The average Bonchev–Trinajstić information content (AvgIpc) is 3.27. The number of aromatic nitrogens is 3. The number of carbonyl (C=O) groups excluding carboxylic acids is 1. The van der Waals surface area contributed by atoms with Crippen molar-refractivity contribution in [2.24, 2.45) is 5.92 Å². The molecule has 1 atom stereocenters. The van der Waals surface area contributed by atoms with Crippen molar-refractivity contribution >= 4 is 11.7 Å². The maximum absolute atomic E-state index is 12.2. The Bertz CT molecular complexity index is 752. The van der Waals surface area contributed by atoms with E-state index in [1.807, 2.05) is 24.6 Å². The zero-order valence-electron chi connectivity index (χ0n) is 13.8. The topological polar surface area (TPSA) is 100.0 Å². The smallest absolute Gasteiger partial charge is 0.230 e. The molecular weight excluding hydrogens is 308 g/mol. The fourth-order valence-electron chi connectivity index (χ4n) is 2.94. The van der Waals surface area contributed by atoms with Gasteiger partial charge in [0.25, 0.3) is 0 Å². The highest BCUT2D eigenvalue weighted by Gasteiger charge is 2.28. The fraction of sp³-hybridized carbons (Fsp3) is 0.500. The molecule has 2 aromatic heterocycles. The number of hydrogen-bond donors (Lipinski definition) is 1. The van der Waals surface area contributed by atoms with E-state index in [1.54, 1.807) is 11.2 Å². The number of amides is 1. The normalized spacial score (nSPS) is 17.0. The molecule has 0 aliphatic carbocycles. The van der Waals surface area contributed by atoms with E-state index in [-0.39, 0.29) is 11.8 Å². The van der Waals surface area contributed by atoms with Crippen LogP contribution >= 0.6 is 0 Å². The summed E-state index contributed by atoms with van der Waals surface area (Å²) in [6.07, 6.45) is 7.08. The van der Waals surface area contributed by atoms with Crippen LogP contribution in [0.25, 0.3) is 0 Å².